The van der Waals surface area contributed by atoms with Gasteiger partial charge in [0, 0.05) is 12.3 Å². The predicted octanol–water partition coefficient (Wildman–Crippen LogP) is 2.10. The number of carbonyl (C=O) groups is 1. The van der Waals surface area contributed by atoms with Gasteiger partial charge < -0.3 is 15.8 Å². The van der Waals surface area contributed by atoms with E-state index in [0.29, 0.717) is 0 Å². The van der Waals surface area contributed by atoms with Gasteiger partial charge in [0.2, 0.25) is 5.91 Å². The van der Waals surface area contributed by atoms with Crippen molar-refractivity contribution in [2.45, 2.75) is 44.2 Å². The minimum absolute atomic E-state index is 0.0466. The summed E-state index contributed by atoms with van der Waals surface area (Å²) in [6.07, 6.45) is 2.19. The molecule has 0 spiro atoms. The maximum atomic E-state index is 11.9. The third-order valence-electron chi connectivity index (χ3n) is 4.28. The Morgan fingerprint density at radius 2 is 2.26 bits per heavy atom. The molecule has 1 saturated heterocycles. The highest BCUT2D eigenvalue weighted by Crippen LogP contribution is 2.39. The Morgan fingerprint density at radius 1 is 1.47 bits per heavy atom. The standard InChI is InChI=1S/C15H20N2O2/c1-15(2)10-8-9(5-6-11(10)17-14(15)18)13(16)12-4-3-7-19-12/h5-6,8,12-13H,3-4,7,16H2,1-2H3,(H,17,18). The molecule has 0 aliphatic carbocycles. The first-order valence-corrected chi connectivity index (χ1v) is 6.83. The first-order valence-electron chi connectivity index (χ1n) is 6.83. The molecule has 1 aromatic rings. The van der Waals surface area contributed by atoms with Crippen molar-refractivity contribution in [2.75, 3.05) is 11.9 Å². The Balaban J connectivity index is 1.94. The second-order valence-corrected chi connectivity index (χ2v) is 5.96. The van der Waals surface area contributed by atoms with Gasteiger partial charge in [-0.2, -0.15) is 0 Å². The fourth-order valence-corrected chi connectivity index (χ4v) is 2.90. The topological polar surface area (TPSA) is 64.4 Å². The number of ether oxygens (including phenoxy) is 1. The van der Waals surface area contributed by atoms with E-state index in [4.69, 9.17) is 10.5 Å². The summed E-state index contributed by atoms with van der Waals surface area (Å²) in [5.41, 5.74) is 8.79. The average Bonchev–Trinajstić information content (AvgIpc) is 2.98. The van der Waals surface area contributed by atoms with Gasteiger partial charge in [0.05, 0.1) is 17.6 Å². The van der Waals surface area contributed by atoms with Crippen molar-refractivity contribution in [2.24, 2.45) is 5.73 Å². The Hall–Kier alpha value is -1.39. The molecular weight excluding hydrogens is 240 g/mol. The first-order chi connectivity index (χ1) is 9.00. The number of benzene rings is 1. The summed E-state index contributed by atoms with van der Waals surface area (Å²) >= 11 is 0. The molecule has 0 saturated carbocycles. The smallest absolute Gasteiger partial charge is 0.234 e. The van der Waals surface area contributed by atoms with Crippen molar-refractivity contribution in [3.8, 4) is 0 Å². The van der Waals surface area contributed by atoms with Crippen molar-refractivity contribution >= 4 is 11.6 Å². The number of nitrogens with one attached hydrogen (secondary N) is 1. The molecule has 3 N–H and O–H groups in total. The second-order valence-electron chi connectivity index (χ2n) is 5.96. The van der Waals surface area contributed by atoms with Crippen LogP contribution in [0.4, 0.5) is 5.69 Å². The monoisotopic (exact) mass is 260 g/mol. The number of fused-ring (bicyclic) bond motifs is 1. The Labute approximate surface area is 113 Å². The molecule has 2 heterocycles. The SMILES string of the molecule is CC1(C)C(=O)Nc2ccc(C(N)C3CCCO3)cc21. The average molecular weight is 260 g/mol. The summed E-state index contributed by atoms with van der Waals surface area (Å²) in [7, 11) is 0. The molecule has 2 aliphatic heterocycles. The van der Waals surface area contributed by atoms with Gasteiger partial charge >= 0.3 is 0 Å². The number of nitrogens with two attached hydrogens (primary N) is 1. The third-order valence-corrected chi connectivity index (χ3v) is 4.28. The Morgan fingerprint density at radius 3 is 2.95 bits per heavy atom. The summed E-state index contributed by atoms with van der Waals surface area (Å²) < 4.78 is 5.65. The van der Waals surface area contributed by atoms with Gasteiger partial charge in [-0.3, -0.25) is 4.79 Å². The summed E-state index contributed by atoms with van der Waals surface area (Å²) in [6.45, 7) is 4.68. The Bertz CT molecular complexity index is 519. The van der Waals surface area contributed by atoms with Crippen LogP contribution in [0.5, 0.6) is 0 Å². The number of carbonyl (C=O) groups excluding carboxylic acids is 1. The van der Waals surface area contributed by atoms with Gasteiger partial charge in [0.15, 0.2) is 0 Å². The number of amides is 1. The fraction of sp³-hybridized carbons (Fsp3) is 0.533. The van der Waals surface area contributed by atoms with Gasteiger partial charge in [-0.15, -0.1) is 0 Å². The van der Waals surface area contributed by atoms with Crippen molar-refractivity contribution in [3.05, 3.63) is 29.3 Å². The largest absolute Gasteiger partial charge is 0.376 e. The van der Waals surface area contributed by atoms with Gasteiger partial charge in [-0.25, -0.2) is 0 Å². The van der Waals surface area contributed by atoms with E-state index in [0.717, 1.165) is 36.3 Å². The fourth-order valence-electron chi connectivity index (χ4n) is 2.90. The molecule has 2 unspecified atom stereocenters. The van der Waals surface area contributed by atoms with Crippen molar-refractivity contribution < 1.29 is 9.53 Å². The number of anilines is 1. The first kappa shape index (κ1) is 12.6. The molecule has 3 rings (SSSR count). The molecular formula is C15H20N2O2. The molecule has 4 nitrogen and oxygen atoms in total. The highest BCUT2D eigenvalue weighted by atomic mass is 16.5. The van der Waals surface area contributed by atoms with Crippen LogP contribution in [0.25, 0.3) is 0 Å². The quantitative estimate of drug-likeness (QED) is 0.856. The van der Waals surface area contributed by atoms with E-state index in [-0.39, 0.29) is 18.1 Å². The summed E-state index contributed by atoms with van der Waals surface area (Å²) in [4.78, 5) is 11.9. The molecule has 2 atom stereocenters. The molecule has 0 bridgehead atoms. The van der Waals surface area contributed by atoms with Gasteiger partial charge in [0.1, 0.15) is 0 Å². The molecule has 1 fully saturated rings. The zero-order valence-corrected chi connectivity index (χ0v) is 11.4. The zero-order chi connectivity index (χ0) is 13.6. The van der Waals surface area contributed by atoms with E-state index in [2.05, 4.69) is 11.4 Å². The van der Waals surface area contributed by atoms with E-state index in [1.54, 1.807) is 0 Å². The summed E-state index contributed by atoms with van der Waals surface area (Å²) in [5.74, 6) is 0.0466. The summed E-state index contributed by atoms with van der Waals surface area (Å²) in [5, 5.41) is 2.91. The molecule has 2 aliphatic rings. The van der Waals surface area contributed by atoms with Crippen LogP contribution in [0.2, 0.25) is 0 Å². The minimum atomic E-state index is -0.485. The van der Waals surface area contributed by atoms with Gasteiger partial charge in [0.25, 0.3) is 0 Å². The van der Waals surface area contributed by atoms with Crippen LogP contribution in [0, 0.1) is 0 Å². The molecule has 19 heavy (non-hydrogen) atoms. The predicted molar refractivity (Wildman–Crippen MR) is 74.0 cm³/mol. The lowest BCUT2D eigenvalue weighted by Crippen LogP contribution is -2.28. The normalized spacial score (nSPS) is 26.1. The highest BCUT2D eigenvalue weighted by molar-refractivity contribution is 6.05. The maximum Gasteiger partial charge on any atom is 0.234 e. The van der Waals surface area contributed by atoms with Crippen LogP contribution in [-0.4, -0.2) is 18.6 Å². The molecule has 0 aromatic heterocycles. The molecule has 0 radical (unpaired) electrons. The van der Waals surface area contributed by atoms with Crippen LogP contribution in [0.3, 0.4) is 0 Å². The van der Waals surface area contributed by atoms with Gasteiger partial charge in [-0.1, -0.05) is 12.1 Å². The van der Waals surface area contributed by atoms with Crippen LogP contribution >= 0.6 is 0 Å². The Kier molecular flexibility index (Phi) is 2.87. The second kappa shape index (κ2) is 4.32. The van der Waals surface area contributed by atoms with Crippen molar-refractivity contribution in [1.82, 2.24) is 0 Å². The van der Waals surface area contributed by atoms with E-state index in [1.807, 2.05) is 26.0 Å². The zero-order valence-electron chi connectivity index (χ0n) is 11.4. The lowest BCUT2D eigenvalue weighted by molar-refractivity contribution is -0.119. The van der Waals surface area contributed by atoms with Crippen molar-refractivity contribution in [3.63, 3.8) is 0 Å². The minimum Gasteiger partial charge on any atom is -0.376 e. The van der Waals surface area contributed by atoms with E-state index in [9.17, 15) is 4.79 Å². The van der Waals surface area contributed by atoms with Crippen molar-refractivity contribution in [1.29, 1.82) is 0 Å². The van der Waals surface area contributed by atoms with E-state index >= 15 is 0 Å². The van der Waals surface area contributed by atoms with Gasteiger partial charge in [-0.05, 0) is 43.9 Å². The van der Waals surface area contributed by atoms with Crippen LogP contribution in [-0.2, 0) is 14.9 Å². The third kappa shape index (κ3) is 1.95. The maximum absolute atomic E-state index is 11.9. The summed E-state index contributed by atoms with van der Waals surface area (Å²) in [6, 6.07) is 5.89. The lowest BCUT2D eigenvalue weighted by atomic mass is 9.84. The highest BCUT2D eigenvalue weighted by Gasteiger charge is 2.38. The van der Waals surface area contributed by atoms with E-state index < -0.39 is 5.41 Å². The van der Waals surface area contributed by atoms with E-state index in [1.165, 1.54) is 0 Å². The molecule has 102 valence electrons. The number of hydrogen-bond acceptors (Lipinski definition) is 3. The molecule has 1 amide bonds. The molecule has 1 aromatic carbocycles. The van der Waals surface area contributed by atoms with Crippen LogP contribution in [0.15, 0.2) is 18.2 Å². The van der Waals surface area contributed by atoms with Crippen LogP contribution in [0.1, 0.15) is 43.9 Å². The molecule has 4 heteroatoms. The number of hydrogen-bond donors (Lipinski definition) is 2. The van der Waals surface area contributed by atoms with Crippen LogP contribution < -0.4 is 11.1 Å². The number of rotatable bonds is 2. The lowest BCUT2D eigenvalue weighted by Gasteiger charge is -2.21.